The highest BCUT2D eigenvalue weighted by Crippen LogP contribution is 2.23. The summed E-state index contributed by atoms with van der Waals surface area (Å²) in [5.41, 5.74) is 1.30. The third-order valence-corrected chi connectivity index (χ3v) is 4.97. The number of nitrogens with one attached hydrogen (secondary N) is 1. The van der Waals surface area contributed by atoms with E-state index in [-0.39, 0.29) is 12.5 Å². The van der Waals surface area contributed by atoms with Gasteiger partial charge in [-0.1, -0.05) is 43.7 Å². The maximum absolute atomic E-state index is 12.2. The van der Waals surface area contributed by atoms with E-state index in [9.17, 15) is 20.1 Å². The predicted molar refractivity (Wildman–Crippen MR) is 98.6 cm³/mol. The Morgan fingerprint density at radius 2 is 1.81 bits per heavy atom. The summed E-state index contributed by atoms with van der Waals surface area (Å²) in [6, 6.07) is 9.61. The van der Waals surface area contributed by atoms with Gasteiger partial charge in [-0.05, 0) is 31.2 Å². The average molecular weight is 365 g/mol. The molecule has 0 aromatic heterocycles. The van der Waals surface area contributed by atoms with Gasteiger partial charge in [0.2, 0.25) is 5.91 Å². The minimum absolute atomic E-state index is 0.148. The van der Waals surface area contributed by atoms with Crippen LogP contribution in [0.25, 0.3) is 0 Å². The van der Waals surface area contributed by atoms with Crippen LogP contribution in [0.1, 0.15) is 44.6 Å². The van der Waals surface area contributed by atoms with Crippen molar-refractivity contribution in [2.45, 2.75) is 75.9 Å². The van der Waals surface area contributed by atoms with Crippen LogP contribution in [0.15, 0.2) is 30.3 Å². The molecule has 1 amide bonds. The van der Waals surface area contributed by atoms with Gasteiger partial charge in [-0.3, -0.25) is 4.79 Å². The Balaban J connectivity index is 1.72. The first kappa shape index (κ1) is 20.8. The molecule has 0 radical (unpaired) electrons. The van der Waals surface area contributed by atoms with E-state index in [2.05, 4.69) is 17.4 Å². The van der Waals surface area contributed by atoms with Gasteiger partial charge in [0.05, 0.1) is 18.8 Å². The summed E-state index contributed by atoms with van der Waals surface area (Å²) in [5, 5.41) is 32.3. The number of rotatable bonds is 9. The zero-order chi connectivity index (χ0) is 18.9. The van der Waals surface area contributed by atoms with Crippen LogP contribution in [0, 0.1) is 0 Å². The fraction of sp³-hybridized carbons (Fsp3) is 0.650. The van der Waals surface area contributed by atoms with Crippen molar-refractivity contribution in [2.75, 3.05) is 6.61 Å². The third-order valence-electron chi connectivity index (χ3n) is 4.97. The maximum atomic E-state index is 12.2. The van der Waals surface area contributed by atoms with Crippen molar-refractivity contribution in [1.82, 2.24) is 5.32 Å². The van der Waals surface area contributed by atoms with Crippen molar-refractivity contribution in [3.05, 3.63) is 35.9 Å². The second-order valence-corrected chi connectivity index (χ2v) is 6.92. The van der Waals surface area contributed by atoms with Gasteiger partial charge in [-0.25, -0.2) is 0 Å². The molecular formula is C20H31NO5. The third kappa shape index (κ3) is 5.77. The number of aliphatic hydroxyl groups excluding tert-OH is 3. The van der Waals surface area contributed by atoms with Gasteiger partial charge in [0.25, 0.3) is 0 Å². The monoisotopic (exact) mass is 365 g/mol. The molecule has 1 aromatic rings. The predicted octanol–water partition coefficient (Wildman–Crippen LogP) is 1.17. The van der Waals surface area contributed by atoms with Gasteiger partial charge >= 0.3 is 0 Å². The summed E-state index contributed by atoms with van der Waals surface area (Å²) >= 11 is 0. The van der Waals surface area contributed by atoms with E-state index < -0.39 is 30.5 Å². The number of aryl methyl sites for hydroxylation is 1. The lowest BCUT2D eigenvalue weighted by Gasteiger charge is -2.42. The smallest absolute Gasteiger partial charge is 0.220 e. The first-order chi connectivity index (χ1) is 12.6. The molecular weight excluding hydrogens is 334 g/mol. The van der Waals surface area contributed by atoms with Crippen molar-refractivity contribution >= 4 is 5.91 Å². The second-order valence-electron chi connectivity index (χ2n) is 6.92. The van der Waals surface area contributed by atoms with Crippen LogP contribution in [0.2, 0.25) is 0 Å². The van der Waals surface area contributed by atoms with Gasteiger partial charge in [0.15, 0.2) is 0 Å². The summed E-state index contributed by atoms with van der Waals surface area (Å²) in [7, 11) is 0. The van der Waals surface area contributed by atoms with Crippen LogP contribution in [0.5, 0.6) is 0 Å². The lowest BCUT2D eigenvalue weighted by Crippen LogP contribution is -2.64. The molecule has 1 aliphatic heterocycles. The Bertz CT molecular complexity index is 536. The van der Waals surface area contributed by atoms with Crippen LogP contribution in [0.4, 0.5) is 0 Å². The summed E-state index contributed by atoms with van der Waals surface area (Å²) in [4.78, 5) is 12.2. The first-order valence-electron chi connectivity index (χ1n) is 9.52. The molecule has 6 heteroatoms. The largest absolute Gasteiger partial charge is 0.394 e. The van der Waals surface area contributed by atoms with Crippen LogP contribution >= 0.6 is 0 Å². The zero-order valence-corrected chi connectivity index (χ0v) is 15.4. The van der Waals surface area contributed by atoms with E-state index in [1.165, 1.54) is 5.56 Å². The summed E-state index contributed by atoms with van der Waals surface area (Å²) in [6.45, 7) is 1.52. The molecule has 6 nitrogen and oxygen atoms in total. The summed E-state index contributed by atoms with van der Waals surface area (Å²) < 4.78 is 5.60. The van der Waals surface area contributed by atoms with Crippen LogP contribution in [-0.4, -0.2) is 58.3 Å². The first-order valence-corrected chi connectivity index (χ1v) is 9.52. The number of hydrogen-bond donors (Lipinski definition) is 4. The number of benzene rings is 1. The van der Waals surface area contributed by atoms with Gasteiger partial charge in [0, 0.05) is 6.42 Å². The number of carbonyl (C=O) groups excluding carboxylic acids is 1. The SMILES string of the molecule is CC[C@@H]1OC(CO)[C@@H](O)C(O)C1NC(=O)CCCCCc1ccccc1. The highest BCUT2D eigenvalue weighted by Gasteiger charge is 2.43. The van der Waals surface area contributed by atoms with Crippen molar-refractivity contribution in [2.24, 2.45) is 0 Å². The van der Waals surface area contributed by atoms with Crippen molar-refractivity contribution in [1.29, 1.82) is 0 Å². The molecule has 146 valence electrons. The van der Waals surface area contributed by atoms with E-state index >= 15 is 0 Å². The fourth-order valence-electron chi connectivity index (χ4n) is 3.42. The van der Waals surface area contributed by atoms with Crippen LogP contribution < -0.4 is 5.32 Å². The van der Waals surface area contributed by atoms with Gasteiger partial charge in [0.1, 0.15) is 18.3 Å². The molecule has 3 unspecified atom stereocenters. The average Bonchev–Trinajstić information content (AvgIpc) is 2.66. The Labute approximate surface area is 155 Å². The number of ether oxygens (including phenoxy) is 1. The number of unbranched alkanes of at least 4 members (excludes halogenated alkanes) is 2. The molecule has 1 saturated heterocycles. The Kier molecular flexibility index (Phi) is 8.51. The lowest BCUT2D eigenvalue weighted by atomic mass is 9.91. The zero-order valence-electron chi connectivity index (χ0n) is 15.4. The Hall–Kier alpha value is -1.47. The maximum Gasteiger partial charge on any atom is 0.220 e. The molecule has 0 aliphatic carbocycles. The second kappa shape index (κ2) is 10.6. The molecule has 1 aliphatic rings. The highest BCUT2D eigenvalue weighted by atomic mass is 16.5. The standard InChI is InChI=1S/C20H31NO5/c1-2-15-18(20(25)19(24)16(13-22)26-15)21-17(23)12-8-4-7-11-14-9-5-3-6-10-14/h3,5-6,9-10,15-16,18-20,22,24-25H,2,4,7-8,11-13H2,1H3,(H,21,23)/t15-,16?,18?,19+,20?/m0/s1. The van der Waals surface area contributed by atoms with E-state index in [1.54, 1.807) is 0 Å². The number of aliphatic hydroxyl groups is 3. The van der Waals surface area contributed by atoms with E-state index in [1.807, 2.05) is 25.1 Å². The molecule has 1 heterocycles. The molecule has 4 N–H and O–H groups in total. The number of hydrogen-bond acceptors (Lipinski definition) is 5. The van der Waals surface area contributed by atoms with Crippen molar-refractivity contribution in [3.63, 3.8) is 0 Å². The van der Waals surface area contributed by atoms with Gasteiger partial charge in [-0.15, -0.1) is 0 Å². The minimum Gasteiger partial charge on any atom is -0.394 e. The molecule has 2 rings (SSSR count). The molecule has 0 bridgehead atoms. The molecule has 5 atom stereocenters. The lowest BCUT2D eigenvalue weighted by molar-refractivity contribution is -0.195. The van der Waals surface area contributed by atoms with Crippen LogP contribution in [-0.2, 0) is 16.0 Å². The molecule has 1 fully saturated rings. The van der Waals surface area contributed by atoms with E-state index in [0.29, 0.717) is 12.8 Å². The Morgan fingerprint density at radius 3 is 2.46 bits per heavy atom. The van der Waals surface area contributed by atoms with Gasteiger partial charge in [-0.2, -0.15) is 0 Å². The highest BCUT2D eigenvalue weighted by molar-refractivity contribution is 5.76. The molecule has 1 aromatic carbocycles. The topological polar surface area (TPSA) is 99.0 Å². The summed E-state index contributed by atoms with van der Waals surface area (Å²) in [5.74, 6) is -0.148. The van der Waals surface area contributed by atoms with Crippen molar-refractivity contribution in [3.8, 4) is 0 Å². The van der Waals surface area contributed by atoms with Crippen LogP contribution in [0.3, 0.4) is 0 Å². The molecule has 0 saturated carbocycles. The van der Waals surface area contributed by atoms with Crippen molar-refractivity contribution < 1.29 is 24.9 Å². The normalized spacial score (nSPS) is 28.7. The summed E-state index contributed by atoms with van der Waals surface area (Å²) in [6.07, 6.45) is 1.13. The fourth-order valence-corrected chi connectivity index (χ4v) is 3.42. The van der Waals surface area contributed by atoms with Gasteiger partial charge < -0.3 is 25.4 Å². The number of amides is 1. The van der Waals surface area contributed by atoms with E-state index in [4.69, 9.17) is 4.74 Å². The minimum atomic E-state index is -1.21. The van der Waals surface area contributed by atoms with E-state index in [0.717, 1.165) is 25.7 Å². The molecule has 26 heavy (non-hydrogen) atoms. The molecule has 0 spiro atoms. The Morgan fingerprint density at radius 1 is 1.08 bits per heavy atom. The quantitative estimate of drug-likeness (QED) is 0.492. The number of carbonyl (C=O) groups is 1.